The molecule has 3 heterocycles. The topological polar surface area (TPSA) is 136 Å². The maximum Gasteiger partial charge on any atom is 0.303 e. The highest BCUT2D eigenvalue weighted by atomic mass is 35.5. The van der Waals surface area contributed by atoms with Crippen molar-refractivity contribution in [2.75, 3.05) is 24.3 Å². The van der Waals surface area contributed by atoms with Crippen LogP contribution in [-0.4, -0.2) is 73.6 Å². The summed E-state index contributed by atoms with van der Waals surface area (Å²) in [6.45, 7) is 7.06. The molecule has 212 valence electrons. The van der Waals surface area contributed by atoms with E-state index in [1.807, 2.05) is 18.4 Å². The highest BCUT2D eigenvalue weighted by molar-refractivity contribution is 7.17. The Morgan fingerprint density at radius 1 is 1.00 bits per heavy atom. The number of alkyl halides is 1. The van der Waals surface area contributed by atoms with E-state index in [2.05, 4.69) is 5.32 Å². The van der Waals surface area contributed by atoms with Crippen LogP contribution in [0.2, 0.25) is 0 Å². The summed E-state index contributed by atoms with van der Waals surface area (Å²) in [4.78, 5) is 47.8. The van der Waals surface area contributed by atoms with Gasteiger partial charge in [-0.25, -0.2) is 0 Å². The first-order valence-corrected chi connectivity index (χ1v) is 13.7. The number of halogens is 1. The van der Waals surface area contributed by atoms with Gasteiger partial charge in [-0.2, -0.15) is 0 Å². The minimum Gasteiger partial charge on any atom is -0.463 e. The van der Waals surface area contributed by atoms with Crippen molar-refractivity contribution < 1.29 is 47.6 Å². The average Bonchev–Trinajstić information content (AvgIpc) is 3.43. The van der Waals surface area contributed by atoms with Crippen LogP contribution in [0.5, 0.6) is 5.75 Å². The molecule has 0 spiro atoms. The second-order valence-electron chi connectivity index (χ2n) is 9.38. The Kier molecular flexibility index (Phi) is 8.87. The summed E-state index contributed by atoms with van der Waals surface area (Å²) >= 11 is 7.72. The van der Waals surface area contributed by atoms with Crippen molar-refractivity contribution in [1.29, 1.82) is 0 Å². The van der Waals surface area contributed by atoms with E-state index >= 15 is 0 Å². The number of hydrogen-bond acceptors (Lipinski definition) is 12. The monoisotopic (exact) mass is 583 g/mol. The maximum atomic E-state index is 12.1. The van der Waals surface area contributed by atoms with Gasteiger partial charge in [-0.15, -0.1) is 22.9 Å². The van der Waals surface area contributed by atoms with E-state index < -0.39 is 54.6 Å². The van der Waals surface area contributed by atoms with Crippen molar-refractivity contribution in [2.45, 2.75) is 71.2 Å². The lowest BCUT2D eigenvalue weighted by Gasteiger charge is -2.44. The number of fused-ring (bicyclic) bond motifs is 3. The molecule has 0 amide bonds. The lowest BCUT2D eigenvalue weighted by molar-refractivity contribution is -0.288. The predicted molar refractivity (Wildman–Crippen MR) is 141 cm³/mol. The van der Waals surface area contributed by atoms with Gasteiger partial charge in [-0.1, -0.05) is 0 Å². The van der Waals surface area contributed by atoms with Crippen LogP contribution in [0, 0.1) is 6.92 Å². The van der Waals surface area contributed by atoms with Gasteiger partial charge in [0.25, 0.3) is 0 Å². The molecule has 0 bridgehead atoms. The number of benzene rings is 1. The zero-order valence-corrected chi connectivity index (χ0v) is 23.7. The Balaban J connectivity index is 1.78. The van der Waals surface area contributed by atoms with Crippen molar-refractivity contribution in [1.82, 2.24) is 0 Å². The van der Waals surface area contributed by atoms with Crippen LogP contribution in [0.1, 0.15) is 44.7 Å². The van der Waals surface area contributed by atoms with Gasteiger partial charge in [0, 0.05) is 63.2 Å². The second-order valence-corrected chi connectivity index (χ2v) is 10.6. The molecular weight excluding hydrogens is 554 g/mol. The smallest absolute Gasteiger partial charge is 0.303 e. The number of rotatable bonds is 8. The number of anilines is 1. The fourth-order valence-corrected chi connectivity index (χ4v) is 6.19. The molecular formula is C26H30ClNO10S. The Bertz CT molecular complexity index is 1280. The van der Waals surface area contributed by atoms with E-state index in [9.17, 15) is 19.2 Å². The first-order valence-electron chi connectivity index (χ1n) is 12.3. The van der Waals surface area contributed by atoms with Gasteiger partial charge in [0.15, 0.2) is 12.2 Å². The third-order valence-electron chi connectivity index (χ3n) is 6.36. The van der Waals surface area contributed by atoms with Gasteiger partial charge >= 0.3 is 23.9 Å². The highest BCUT2D eigenvalue weighted by Gasteiger charge is 2.53. The molecule has 1 fully saturated rings. The number of thiophene rings is 1. The standard InChI is InChI=1S/C26H30ClNO10S/c1-11-10-39-25-18(6-17-21(20(11)25)16(7-27)8-28-17)37-26-24(36-15(5)32)23(35-14(4)31)22(34-13(3)30)19(38-26)9-33-12(2)29/h6,10,16,19,22-24,26,28H,7-9H2,1-5H3/t16-,19-,22+,23+,24-,26-/m1/s1. The minimum atomic E-state index is -1.32. The van der Waals surface area contributed by atoms with Gasteiger partial charge < -0.3 is 33.7 Å². The molecule has 2 aliphatic rings. The minimum absolute atomic E-state index is 0.122. The molecule has 13 heteroatoms. The van der Waals surface area contributed by atoms with Crippen molar-refractivity contribution in [3.63, 3.8) is 0 Å². The van der Waals surface area contributed by atoms with Gasteiger partial charge in [0.1, 0.15) is 18.5 Å². The van der Waals surface area contributed by atoms with Crippen LogP contribution in [0.25, 0.3) is 10.1 Å². The molecule has 6 atom stereocenters. The molecule has 39 heavy (non-hydrogen) atoms. The Labute approximate surface area is 233 Å². The van der Waals surface area contributed by atoms with E-state index in [0.717, 1.165) is 26.9 Å². The number of nitrogens with one attached hydrogen (secondary N) is 1. The van der Waals surface area contributed by atoms with E-state index in [-0.39, 0.29) is 12.5 Å². The van der Waals surface area contributed by atoms with Gasteiger partial charge in [-0.05, 0) is 23.4 Å². The van der Waals surface area contributed by atoms with E-state index in [1.165, 1.54) is 39.0 Å². The fraction of sp³-hybridized carbons (Fsp3) is 0.538. The molecule has 0 saturated carbocycles. The largest absolute Gasteiger partial charge is 0.463 e. The fourth-order valence-electron chi connectivity index (χ4n) is 4.90. The molecule has 2 aliphatic heterocycles. The molecule has 0 aliphatic carbocycles. The van der Waals surface area contributed by atoms with E-state index in [0.29, 0.717) is 18.2 Å². The van der Waals surface area contributed by atoms with Crippen LogP contribution in [-0.2, 0) is 42.9 Å². The Hall–Kier alpha value is -3.09. The van der Waals surface area contributed by atoms with Crippen LogP contribution in [0.4, 0.5) is 5.69 Å². The number of aryl methyl sites for hydroxylation is 1. The number of carbonyl (C=O) groups excluding carboxylic acids is 4. The number of carbonyl (C=O) groups is 4. The zero-order chi connectivity index (χ0) is 28.4. The Morgan fingerprint density at radius 2 is 1.64 bits per heavy atom. The number of esters is 4. The number of ether oxygens (including phenoxy) is 6. The molecule has 0 unspecified atom stereocenters. The molecule has 11 nitrogen and oxygen atoms in total. The Morgan fingerprint density at radius 3 is 2.26 bits per heavy atom. The zero-order valence-electron chi connectivity index (χ0n) is 22.1. The van der Waals surface area contributed by atoms with E-state index in [1.54, 1.807) is 0 Å². The molecule has 1 aromatic heterocycles. The summed E-state index contributed by atoms with van der Waals surface area (Å²) < 4.78 is 34.9. The molecule has 1 saturated heterocycles. The summed E-state index contributed by atoms with van der Waals surface area (Å²) in [6, 6.07) is 1.83. The highest BCUT2D eigenvalue weighted by Crippen LogP contribution is 2.47. The first kappa shape index (κ1) is 28.9. The molecule has 1 aromatic carbocycles. The van der Waals surface area contributed by atoms with Gasteiger partial charge in [-0.3, -0.25) is 19.2 Å². The predicted octanol–water partition coefficient (Wildman–Crippen LogP) is 3.42. The van der Waals surface area contributed by atoms with Gasteiger partial charge in [0.2, 0.25) is 12.4 Å². The van der Waals surface area contributed by atoms with Crippen molar-refractivity contribution in [3.05, 3.63) is 22.6 Å². The van der Waals surface area contributed by atoms with Crippen LogP contribution >= 0.6 is 22.9 Å². The summed E-state index contributed by atoms with van der Waals surface area (Å²) in [5, 5.41) is 6.38. The van der Waals surface area contributed by atoms with Crippen molar-refractivity contribution >= 4 is 62.6 Å². The average molecular weight is 584 g/mol. The second kappa shape index (κ2) is 12.0. The first-order chi connectivity index (χ1) is 18.5. The molecule has 1 N–H and O–H groups in total. The lowest BCUT2D eigenvalue weighted by Crippen LogP contribution is -2.63. The normalized spacial score (nSPS) is 25.8. The van der Waals surface area contributed by atoms with Crippen molar-refractivity contribution in [3.8, 4) is 5.75 Å². The maximum absolute atomic E-state index is 12.1. The summed E-state index contributed by atoms with van der Waals surface area (Å²) in [5.74, 6) is -1.72. The van der Waals surface area contributed by atoms with E-state index in [4.69, 9.17) is 40.0 Å². The summed E-state index contributed by atoms with van der Waals surface area (Å²) in [6.07, 6.45) is -6.32. The lowest BCUT2D eigenvalue weighted by atomic mass is 9.96. The molecule has 4 rings (SSSR count). The van der Waals surface area contributed by atoms with Crippen molar-refractivity contribution in [2.24, 2.45) is 0 Å². The van der Waals surface area contributed by atoms with Gasteiger partial charge in [0.05, 0.1) is 4.70 Å². The van der Waals surface area contributed by atoms with Crippen LogP contribution in [0.3, 0.4) is 0 Å². The summed E-state index contributed by atoms with van der Waals surface area (Å²) in [7, 11) is 0. The molecule has 0 radical (unpaired) electrons. The SMILES string of the molecule is CC(=O)OC[C@H]1O[C@@H](Oc2cc3c(c4c(C)csc24)[C@H](CCl)CN3)[C@H](OC(C)=O)[C@@H](OC(C)=O)[C@H]1OC(C)=O. The van der Waals surface area contributed by atoms with Crippen LogP contribution in [0.15, 0.2) is 11.4 Å². The quantitative estimate of drug-likeness (QED) is 0.278. The summed E-state index contributed by atoms with van der Waals surface area (Å²) in [5.41, 5.74) is 3.01. The molecule has 2 aromatic rings. The number of hydrogen-bond donors (Lipinski definition) is 1. The van der Waals surface area contributed by atoms with Crippen LogP contribution < -0.4 is 10.1 Å². The third kappa shape index (κ3) is 6.23. The third-order valence-corrected chi connectivity index (χ3v) is 7.84.